The van der Waals surface area contributed by atoms with Crippen LogP contribution in [-0.2, 0) is 10.5 Å². The summed E-state index contributed by atoms with van der Waals surface area (Å²) in [7, 11) is 0. The van der Waals surface area contributed by atoms with Crippen molar-refractivity contribution in [3.8, 4) is 0 Å². The maximum Gasteiger partial charge on any atom is 0.233 e. The van der Waals surface area contributed by atoms with Crippen LogP contribution >= 0.6 is 24.2 Å². The Balaban J connectivity index is 0.00000264. The number of carbonyl (C=O) groups excluding carboxylic acids is 1. The monoisotopic (exact) mass is 356 g/mol. The van der Waals surface area contributed by atoms with E-state index in [0.717, 1.165) is 18.6 Å². The van der Waals surface area contributed by atoms with E-state index in [0.29, 0.717) is 18.4 Å². The molecule has 3 nitrogen and oxygen atoms in total. The molecule has 5 heteroatoms. The molecular weight excluding hydrogens is 328 g/mol. The van der Waals surface area contributed by atoms with E-state index < -0.39 is 0 Å². The summed E-state index contributed by atoms with van der Waals surface area (Å²) < 4.78 is 0. The molecule has 1 aliphatic carbocycles. The van der Waals surface area contributed by atoms with E-state index in [-0.39, 0.29) is 29.6 Å². The van der Waals surface area contributed by atoms with Gasteiger partial charge in [0, 0.05) is 11.8 Å². The third-order valence-corrected chi connectivity index (χ3v) is 6.04. The molecule has 130 valence electrons. The average Bonchev–Trinajstić information content (AvgIpc) is 2.95. The van der Waals surface area contributed by atoms with Gasteiger partial charge < -0.3 is 11.1 Å². The molecule has 0 radical (unpaired) electrons. The summed E-state index contributed by atoms with van der Waals surface area (Å²) in [5.74, 6) is 1.84. The van der Waals surface area contributed by atoms with Gasteiger partial charge in [0.1, 0.15) is 0 Å². The molecule has 3 unspecified atom stereocenters. The van der Waals surface area contributed by atoms with E-state index in [2.05, 4.69) is 31.3 Å². The standard InChI is InChI=1S/C18H28N2OS.ClH/c1-13(2)17(22-12-14-7-4-3-5-8-14)18(21)20-16-10-6-9-15(16)11-19;/h3-5,7-8,13,15-17H,6,9-12,19H2,1-2H3,(H,20,21);1H. The summed E-state index contributed by atoms with van der Waals surface area (Å²) in [6.07, 6.45) is 3.39. The van der Waals surface area contributed by atoms with Crippen molar-refractivity contribution in [2.75, 3.05) is 6.54 Å². The number of carbonyl (C=O) groups is 1. The quantitative estimate of drug-likeness (QED) is 0.784. The maximum atomic E-state index is 12.7. The molecule has 0 aromatic heterocycles. The molecule has 1 aliphatic rings. The smallest absolute Gasteiger partial charge is 0.233 e. The number of rotatable bonds is 7. The summed E-state index contributed by atoms with van der Waals surface area (Å²) in [4.78, 5) is 12.7. The third-order valence-electron chi connectivity index (χ3n) is 4.43. The Bertz CT molecular complexity index is 469. The van der Waals surface area contributed by atoms with Crippen LogP contribution in [0.1, 0.15) is 38.7 Å². The second-order valence-corrected chi connectivity index (χ2v) is 7.63. The fourth-order valence-electron chi connectivity index (χ4n) is 3.10. The third kappa shape index (κ3) is 6.02. The molecule has 1 aromatic rings. The number of nitrogens with one attached hydrogen (secondary N) is 1. The van der Waals surface area contributed by atoms with Crippen molar-refractivity contribution in [3.05, 3.63) is 35.9 Å². The Hall–Kier alpha value is -0.710. The van der Waals surface area contributed by atoms with Crippen molar-refractivity contribution in [1.29, 1.82) is 0 Å². The molecular formula is C18H29ClN2OS. The molecule has 0 saturated heterocycles. The lowest BCUT2D eigenvalue weighted by Crippen LogP contribution is -2.45. The van der Waals surface area contributed by atoms with E-state index in [4.69, 9.17) is 5.73 Å². The van der Waals surface area contributed by atoms with Crippen molar-refractivity contribution < 1.29 is 4.79 Å². The van der Waals surface area contributed by atoms with Crippen molar-refractivity contribution >= 4 is 30.1 Å². The molecule has 1 amide bonds. The Labute approximate surface area is 150 Å². The number of benzene rings is 1. The van der Waals surface area contributed by atoms with Crippen LogP contribution in [0.25, 0.3) is 0 Å². The maximum absolute atomic E-state index is 12.7. The van der Waals surface area contributed by atoms with Crippen LogP contribution in [0.4, 0.5) is 0 Å². The zero-order valence-electron chi connectivity index (χ0n) is 14.0. The topological polar surface area (TPSA) is 55.1 Å². The molecule has 1 aromatic carbocycles. The second kappa shape index (κ2) is 10.2. The first-order valence-corrected chi connectivity index (χ1v) is 9.32. The fraction of sp³-hybridized carbons (Fsp3) is 0.611. The van der Waals surface area contributed by atoms with Gasteiger partial charge in [-0.25, -0.2) is 0 Å². The van der Waals surface area contributed by atoms with E-state index in [1.54, 1.807) is 11.8 Å². The molecule has 0 bridgehead atoms. The highest BCUT2D eigenvalue weighted by atomic mass is 35.5. The summed E-state index contributed by atoms with van der Waals surface area (Å²) >= 11 is 1.74. The van der Waals surface area contributed by atoms with Gasteiger partial charge in [-0.3, -0.25) is 4.79 Å². The zero-order valence-corrected chi connectivity index (χ0v) is 15.7. The lowest BCUT2D eigenvalue weighted by atomic mass is 10.0. The summed E-state index contributed by atoms with van der Waals surface area (Å²) in [5, 5.41) is 3.26. The minimum absolute atomic E-state index is 0. The summed E-state index contributed by atoms with van der Waals surface area (Å²) in [6, 6.07) is 10.6. The first kappa shape index (κ1) is 20.3. The normalized spacial score (nSPS) is 21.7. The Morgan fingerprint density at radius 3 is 2.61 bits per heavy atom. The molecule has 3 N–H and O–H groups in total. The van der Waals surface area contributed by atoms with Crippen LogP contribution in [0.5, 0.6) is 0 Å². The van der Waals surface area contributed by atoms with Crippen LogP contribution in [0.3, 0.4) is 0 Å². The SMILES string of the molecule is CC(C)C(SCc1ccccc1)C(=O)NC1CCCC1CN.Cl. The van der Waals surface area contributed by atoms with Gasteiger partial charge in [-0.2, -0.15) is 0 Å². The predicted molar refractivity (Wildman–Crippen MR) is 102 cm³/mol. The van der Waals surface area contributed by atoms with E-state index in [1.165, 1.54) is 12.0 Å². The van der Waals surface area contributed by atoms with Gasteiger partial charge in [0.05, 0.1) is 5.25 Å². The number of amides is 1. The van der Waals surface area contributed by atoms with Gasteiger partial charge >= 0.3 is 0 Å². The number of hydrogen-bond acceptors (Lipinski definition) is 3. The zero-order chi connectivity index (χ0) is 15.9. The minimum Gasteiger partial charge on any atom is -0.352 e. The van der Waals surface area contributed by atoms with E-state index in [1.807, 2.05) is 18.2 Å². The molecule has 1 fully saturated rings. The minimum atomic E-state index is -0.000712. The number of hydrogen-bond donors (Lipinski definition) is 2. The molecule has 0 aliphatic heterocycles. The lowest BCUT2D eigenvalue weighted by molar-refractivity contribution is -0.122. The molecule has 1 saturated carbocycles. The highest BCUT2D eigenvalue weighted by Gasteiger charge is 2.30. The van der Waals surface area contributed by atoms with Gasteiger partial charge in [0.25, 0.3) is 0 Å². The van der Waals surface area contributed by atoms with E-state index in [9.17, 15) is 4.79 Å². The lowest BCUT2D eigenvalue weighted by Gasteiger charge is -2.25. The van der Waals surface area contributed by atoms with Gasteiger partial charge in [-0.15, -0.1) is 24.2 Å². The predicted octanol–water partition coefficient (Wildman–Crippen LogP) is 3.61. The van der Waals surface area contributed by atoms with Gasteiger partial charge in [-0.05, 0) is 36.8 Å². The van der Waals surface area contributed by atoms with E-state index >= 15 is 0 Å². The number of thioether (sulfide) groups is 1. The van der Waals surface area contributed by atoms with Crippen LogP contribution in [0, 0.1) is 11.8 Å². The Morgan fingerprint density at radius 1 is 1.30 bits per heavy atom. The first-order valence-electron chi connectivity index (χ1n) is 8.27. The molecule has 2 rings (SSSR count). The van der Waals surface area contributed by atoms with Crippen molar-refractivity contribution in [2.24, 2.45) is 17.6 Å². The summed E-state index contributed by atoms with van der Waals surface area (Å²) in [6.45, 7) is 4.92. The van der Waals surface area contributed by atoms with Crippen LogP contribution < -0.4 is 11.1 Å². The van der Waals surface area contributed by atoms with Gasteiger partial charge in [0.2, 0.25) is 5.91 Å². The van der Waals surface area contributed by atoms with Crippen molar-refractivity contribution in [2.45, 2.75) is 50.2 Å². The number of halogens is 1. The van der Waals surface area contributed by atoms with Crippen molar-refractivity contribution in [3.63, 3.8) is 0 Å². The molecule has 0 heterocycles. The van der Waals surface area contributed by atoms with Gasteiger partial charge in [0.15, 0.2) is 0 Å². The highest BCUT2D eigenvalue weighted by molar-refractivity contribution is 7.99. The summed E-state index contributed by atoms with van der Waals surface area (Å²) in [5.41, 5.74) is 7.08. The van der Waals surface area contributed by atoms with Crippen molar-refractivity contribution in [1.82, 2.24) is 5.32 Å². The molecule has 0 spiro atoms. The highest BCUT2D eigenvalue weighted by Crippen LogP contribution is 2.27. The van der Waals surface area contributed by atoms with Crippen LogP contribution in [0.15, 0.2) is 30.3 Å². The van der Waals surface area contributed by atoms with Gasteiger partial charge in [-0.1, -0.05) is 50.6 Å². The fourth-order valence-corrected chi connectivity index (χ4v) is 4.27. The Morgan fingerprint density at radius 2 is 2.00 bits per heavy atom. The largest absolute Gasteiger partial charge is 0.352 e. The van der Waals surface area contributed by atoms with Crippen LogP contribution in [-0.4, -0.2) is 23.7 Å². The Kier molecular flexibility index (Phi) is 9.03. The number of nitrogens with two attached hydrogens (primary N) is 1. The average molecular weight is 357 g/mol. The molecule has 3 atom stereocenters. The molecule has 23 heavy (non-hydrogen) atoms. The first-order chi connectivity index (χ1) is 10.6. The van der Waals surface area contributed by atoms with Crippen LogP contribution in [0.2, 0.25) is 0 Å². The second-order valence-electron chi connectivity index (χ2n) is 6.50.